The molecule has 14 heteroatoms. The van der Waals surface area contributed by atoms with Crippen molar-refractivity contribution in [3.63, 3.8) is 0 Å². The molecule has 0 aliphatic carbocycles. The van der Waals surface area contributed by atoms with Crippen molar-refractivity contribution < 1.29 is 13.5 Å². The van der Waals surface area contributed by atoms with Gasteiger partial charge in [-0.2, -0.15) is 10.1 Å². The minimum absolute atomic E-state index is 0.220. The third-order valence-corrected chi connectivity index (χ3v) is 8.50. The number of benzene rings is 2. The average molecular weight is 643 g/mol. The van der Waals surface area contributed by atoms with Gasteiger partial charge >= 0.3 is 0 Å². The number of halogens is 1. The van der Waals surface area contributed by atoms with E-state index in [9.17, 15) is 4.21 Å². The number of ether oxygens (including phenoxy) is 1. The van der Waals surface area contributed by atoms with Crippen molar-refractivity contribution in [1.82, 2.24) is 29.8 Å². The molecule has 1 unspecified atom stereocenters. The Kier molecular flexibility index (Phi) is 8.74. The summed E-state index contributed by atoms with van der Waals surface area (Å²) in [7, 11) is 0. The maximum Gasteiger partial charge on any atom is 0.232 e. The number of anilines is 5. The van der Waals surface area contributed by atoms with E-state index < -0.39 is 11.3 Å². The van der Waals surface area contributed by atoms with Gasteiger partial charge in [-0.05, 0) is 58.6 Å². The van der Waals surface area contributed by atoms with Gasteiger partial charge in [0, 0.05) is 61.7 Å². The van der Waals surface area contributed by atoms with E-state index in [2.05, 4.69) is 67.3 Å². The predicted molar refractivity (Wildman–Crippen MR) is 164 cm³/mol. The lowest BCUT2D eigenvalue weighted by molar-refractivity contribution is 0.0115. The van der Waals surface area contributed by atoms with Gasteiger partial charge < -0.3 is 20.3 Å². The number of fused-ring (bicyclic) bond motifs is 1. The summed E-state index contributed by atoms with van der Waals surface area (Å²) >= 11 is 1.41. The fraction of sp³-hybridized carbons (Fsp3) is 0.370. The van der Waals surface area contributed by atoms with E-state index in [0.29, 0.717) is 22.3 Å². The van der Waals surface area contributed by atoms with E-state index in [4.69, 9.17) is 9.29 Å². The second kappa shape index (κ2) is 12.8. The summed E-state index contributed by atoms with van der Waals surface area (Å²) in [6.45, 7) is 5.94. The van der Waals surface area contributed by atoms with Crippen molar-refractivity contribution in [2.24, 2.45) is 0 Å². The highest BCUT2D eigenvalue weighted by molar-refractivity contribution is 9.10. The summed E-state index contributed by atoms with van der Waals surface area (Å²) in [5, 5.41) is 15.5. The quantitative estimate of drug-likeness (QED) is 0.169. The second-order valence-corrected chi connectivity index (χ2v) is 11.7. The van der Waals surface area contributed by atoms with Crippen molar-refractivity contribution in [1.29, 1.82) is 0 Å². The highest BCUT2D eigenvalue weighted by atomic mass is 79.9. The van der Waals surface area contributed by atoms with Gasteiger partial charge in [0.05, 0.1) is 23.2 Å². The highest BCUT2D eigenvalue weighted by Crippen LogP contribution is 2.31. The lowest BCUT2D eigenvalue weighted by Gasteiger charge is -2.40. The minimum Gasteiger partial charge on any atom is -0.379 e. The van der Waals surface area contributed by atoms with Crippen LogP contribution >= 0.6 is 15.9 Å². The highest BCUT2D eigenvalue weighted by Gasteiger charge is 2.27. The number of aromatic amines is 1. The zero-order valence-corrected chi connectivity index (χ0v) is 24.7. The van der Waals surface area contributed by atoms with E-state index in [1.54, 1.807) is 6.20 Å². The zero-order valence-electron chi connectivity index (χ0n) is 22.3. The number of nitrogens with zero attached hydrogens (tertiary/aromatic N) is 5. The fourth-order valence-corrected chi connectivity index (χ4v) is 5.99. The van der Waals surface area contributed by atoms with Gasteiger partial charge in [0.15, 0.2) is 5.82 Å². The Hall–Kier alpha value is -3.14. The molecule has 2 aromatic heterocycles. The number of aromatic nitrogens is 4. The summed E-state index contributed by atoms with van der Waals surface area (Å²) in [5.41, 5.74) is 3.36. The molecule has 0 spiro atoms. The summed E-state index contributed by atoms with van der Waals surface area (Å²) in [5.74, 6) is 1.98. The second-order valence-electron chi connectivity index (χ2n) is 10.0. The van der Waals surface area contributed by atoms with Crippen LogP contribution in [0.4, 0.5) is 29.0 Å². The van der Waals surface area contributed by atoms with Crippen LogP contribution in [0.15, 0.2) is 53.1 Å². The number of H-pyrrole nitrogens is 1. The van der Waals surface area contributed by atoms with Crippen molar-refractivity contribution in [2.75, 3.05) is 54.9 Å². The Morgan fingerprint density at radius 1 is 1.10 bits per heavy atom. The van der Waals surface area contributed by atoms with Crippen LogP contribution in [0, 0.1) is 0 Å². The van der Waals surface area contributed by atoms with Gasteiger partial charge in [0.2, 0.25) is 17.2 Å². The molecule has 216 valence electrons. The molecular weight excluding hydrogens is 610 g/mol. The maximum atomic E-state index is 11.1. The van der Waals surface area contributed by atoms with Crippen LogP contribution in [0.1, 0.15) is 18.4 Å². The van der Waals surface area contributed by atoms with Crippen LogP contribution in [0.2, 0.25) is 0 Å². The van der Waals surface area contributed by atoms with Crippen molar-refractivity contribution >= 4 is 67.1 Å². The molecule has 2 saturated heterocycles. The van der Waals surface area contributed by atoms with Crippen LogP contribution in [-0.2, 0) is 22.5 Å². The first-order valence-corrected chi connectivity index (χ1v) is 15.5. The first kappa shape index (κ1) is 28.0. The Bertz CT molecular complexity index is 1520. The molecule has 0 amide bonds. The predicted octanol–water partition coefficient (Wildman–Crippen LogP) is 4.13. The normalized spacial score (nSPS) is 17.6. The Morgan fingerprint density at radius 3 is 2.71 bits per heavy atom. The number of hydrogen-bond donors (Lipinski definition) is 5. The molecule has 41 heavy (non-hydrogen) atoms. The third kappa shape index (κ3) is 6.68. The van der Waals surface area contributed by atoms with Gasteiger partial charge in [-0.1, -0.05) is 18.2 Å². The first-order valence-electron chi connectivity index (χ1n) is 13.6. The van der Waals surface area contributed by atoms with Gasteiger partial charge in [-0.25, -0.2) is 13.9 Å². The molecule has 4 heterocycles. The monoisotopic (exact) mass is 641 g/mol. The molecule has 5 N–H and O–H groups in total. The summed E-state index contributed by atoms with van der Waals surface area (Å²) in [6, 6.07) is 14.2. The Balaban J connectivity index is 1.13. The summed E-state index contributed by atoms with van der Waals surface area (Å²) in [4.78, 5) is 14.0. The number of nitrogens with one attached hydrogen (secondary N) is 4. The van der Waals surface area contributed by atoms with E-state index in [1.165, 1.54) is 0 Å². The van der Waals surface area contributed by atoms with Crippen molar-refractivity contribution in [2.45, 2.75) is 25.4 Å². The summed E-state index contributed by atoms with van der Waals surface area (Å²) in [6.07, 6.45) is 3.94. The van der Waals surface area contributed by atoms with Crippen LogP contribution in [0.3, 0.4) is 0 Å². The Labute approximate surface area is 248 Å². The number of morpholine rings is 1. The van der Waals surface area contributed by atoms with E-state index >= 15 is 0 Å². The van der Waals surface area contributed by atoms with Crippen LogP contribution in [0.25, 0.3) is 10.9 Å². The molecule has 0 radical (unpaired) electrons. The zero-order chi connectivity index (χ0) is 28.2. The fourth-order valence-electron chi connectivity index (χ4n) is 5.42. The number of rotatable bonds is 9. The Morgan fingerprint density at radius 2 is 1.90 bits per heavy atom. The molecule has 2 aliphatic rings. The largest absolute Gasteiger partial charge is 0.379 e. The standard InChI is InChI=1S/C27H32BrN9O3S/c28-22-17-29-27(33-25(22)32-23-4-2-1-3-18(23)16-30-41(38)39)31-19-5-6-21-24(15-19)34-35-26(21)37-9-7-20(8-10-37)36-11-13-40-14-12-36/h1-6,15,17,20,30H,7-14,16H2,(H,34,35)(H,38,39)(H2,29,31,32,33). The maximum absolute atomic E-state index is 11.1. The van der Waals surface area contributed by atoms with E-state index in [1.807, 2.05) is 36.4 Å². The van der Waals surface area contributed by atoms with Gasteiger partial charge in [-0.3, -0.25) is 14.6 Å². The molecule has 1 atom stereocenters. The van der Waals surface area contributed by atoms with Crippen molar-refractivity contribution in [3.8, 4) is 0 Å². The third-order valence-electron chi connectivity index (χ3n) is 7.53. The SMILES string of the molecule is O=S(O)NCc1ccccc1Nc1nc(Nc2ccc3c(N4CCC(N5CCOCC5)CC4)n[nH]c3c2)ncc1Br. The number of para-hydroxylation sites is 1. The van der Waals surface area contributed by atoms with Gasteiger partial charge in [0.1, 0.15) is 5.82 Å². The molecular formula is C27H32BrN9O3S. The topological polar surface area (TPSA) is 144 Å². The number of hydrogen-bond acceptors (Lipinski definition) is 9. The number of piperidine rings is 1. The van der Waals surface area contributed by atoms with Crippen molar-refractivity contribution in [3.05, 3.63) is 58.7 Å². The summed E-state index contributed by atoms with van der Waals surface area (Å²) < 4.78 is 28.9. The van der Waals surface area contributed by atoms with Crippen LogP contribution in [0.5, 0.6) is 0 Å². The molecule has 4 aromatic rings. The van der Waals surface area contributed by atoms with Gasteiger partial charge in [-0.15, -0.1) is 0 Å². The smallest absolute Gasteiger partial charge is 0.232 e. The molecule has 0 saturated carbocycles. The molecule has 2 fully saturated rings. The molecule has 2 aromatic carbocycles. The minimum atomic E-state index is -2.10. The molecule has 12 nitrogen and oxygen atoms in total. The molecule has 0 bridgehead atoms. The van der Waals surface area contributed by atoms with E-state index in [-0.39, 0.29) is 6.54 Å². The first-order chi connectivity index (χ1) is 20.0. The lowest BCUT2D eigenvalue weighted by atomic mass is 10.0. The van der Waals surface area contributed by atoms with E-state index in [0.717, 1.165) is 85.9 Å². The lowest BCUT2D eigenvalue weighted by Crippen LogP contribution is -2.49. The average Bonchev–Trinajstić information content (AvgIpc) is 3.42. The van der Waals surface area contributed by atoms with Crippen LogP contribution < -0.4 is 20.3 Å². The van der Waals surface area contributed by atoms with Gasteiger partial charge in [0.25, 0.3) is 0 Å². The molecule has 6 rings (SSSR count). The molecule has 2 aliphatic heterocycles. The van der Waals surface area contributed by atoms with Crippen LogP contribution in [-0.4, -0.2) is 79.3 Å².